The summed E-state index contributed by atoms with van der Waals surface area (Å²) < 4.78 is 35.0. The van der Waals surface area contributed by atoms with Gasteiger partial charge in [-0.3, -0.25) is 19.1 Å². The minimum Gasteiger partial charge on any atom is -0.496 e. The Bertz CT molecular complexity index is 1850. The number of carbonyl (C=O) groups is 4. The SMILES string of the molecule is COc1ccc2c(O[C@@H]3C[C@H]4C(=O)N[C@]5(C(=O)NSC6CC6)CC5(C)/C=C\CCCCC[C@H](NC(=O)N5CC(F)C5)C(=O)N4C3)cc(OC(C)C)nc2c1C. The zero-order chi connectivity index (χ0) is 39.1. The maximum absolute atomic E-state index is 14.6. The molecule has 15 heteroatoms. The number of methoxy groups -OCH3 is 1. The molecule has 1 aromatic heterocycles. The quantitative estimate of drug-likeness (QED) is 0.233. The first-order valence-electron chi connectivity index (χ1n) is 19.6. The number of amides is 5. The number of urea groups is 1. The number of benzene rings is 1. The number of alkyl halides is 1. The van der Waals surface area contributed by atoms with Gasteiger partial charge in [-0.1, -0.05) is 31.9 Å². The molecule has 7 rings (SSSR count). The van der Waals surface area contributed by atoms with Crippen LogP contribution in [0.1, 0.15) is 84.1 Å². The summed E-state index contributed by atoms with van der Waals surface area (Å²) in [6.45, 7) is 7.69. The minimum atomic E-state index is -1.19. The second kappa shape index (κ2) is 15.7. The smallest absolute Gasteiger partial charge is 0.318 e. The standard InChI is InChI=1S/C40H53FN6O7S/c1-23(2)53-33-18-32(28-14-15-31(52-5)24(3)34(28)43-33)54-26-17-30-35(48)44-40(37(50)45-55-27-12-13-27)22-39(40,4)16-10-8-6-7-9-11-29(36(49)47(30)21-26)42-38(51)46-19-25(41)20-46/h10,14-16,18,23,25-27,29-30H,6-9,11-13,17,19-22H2,1-5H3,(H,42,51)(H,44,48)(H,45,50)/b16-10-/t26-,29+,30+,39?,40+/m1/s1. The van der Waals surface area contributed by atoms with Crippen molar-refractivity contribution < 1.29 is 37.8 Å². The van der Waals surface area contributed by atoms with E-state index in [1.807, 2.05) is 45.9 Å². The van der Waals surface area contributed by atoms with Gasteiger partial charge in [-0.05, 0) is 83.4 Å². The van der Waals surface area contributed by atoms with Crippen molar-refractivity contribution in [2.24, 2.45) is 5.41 Å². The van der Waals surface area contributed by atoms with E-state index >= 15 is 0 Å². The molecule has 2 saturated carbocycles. The first-order valence-corrected chi connectivity index (χ1v) is 20.5. The summed E-state index contributed by atoms with van der Waals surface area (Å²) in [5.41, 5.74) is -0.357. The third kappa shape index (κ3) is 8.17. The summed E-state index contributed by atoms with van der Waals surface area (Å²) in [4.78, 5) is 63.9. The fourth-order valence-corrected chi connectivity index (χ4v) is 8.77. The van der Waals surface area contributed by atoms with E-state index in [9.17, 15) is 23.6 Å². The van der Waals surface area contributed by atoms with E-state index in [-0.39, 0.29) is 38.1 Å². The maximum atomic E-state index is 14.6. The first kappa shape index (κ1) is 39.0. The molecule has 1 aromatic carbocycles. The summed E-state index contributed by atoms with van der Waals surface area (Å²) >= 11 is 1.40. The Labute approximate surface area is 326 Å². The van der Waals surface area contributed by atoms with Crippen molar-refractivity contribution in [2.45, 2.75) is 127 Å². The van der Waals surface area contributed by atoms with Gasteiger partial charge in [0.1, 0.15) is 41.4 Å². The number of ether oxygens (including phenoxy) is 3. The minimum absolute atomic E-state index is 0.0283. The number of halogens is 1. The Morgan fingerprint density at radius 1 is 1.09 bits per heavy atom. The number of nitrogens with zero attached hydrogens (tertiary/aromatic N) is 3. The lowest BCUT2D eigenvalue weighted by Gasteiger charge is -2.36. The number of hydrogen-bond acceptors (Lipinski definition) is 9. The van der Waals surface area contributed by atoms with Gasteiger partial charge in [0, 0.05) is 34.1 Å². The van der Waals surface area contributed by atoms with Gasteiger partial charge >= 0.3 is 6.03 Å². The fraction of sp³-hybridized carbons (Fsp3) is 0.625. The second-order valence-electron chi connectivity index (χ2n) is 16.2. The fourth-order valence-electron chi connectivity index (χ4n) is 7.95. The van der Waals surface area contributed by atoms with E-state index in [1.165, 1.54) is 21.7 Å². The zero-order valence-corrected chi connectivity index (χ0v) is 33.1. The number of fused-ring (bicyclic) bond motifs is 3. The average molecular weight is 781 g/mol. The highest BCUT2D eigenvalue weighted by Crippen LogP contribution is 2.58. The van der Waals surface area contributed by atoms with Crippen molar-refractivity contribution in [3.63, 3.8) is 0 Å². The molecule has 2 aliphatic carbocycles. The normalized spacial score (nSPS) is 29.3. The molecule has 5 amide bonds. The van der Waals surface area contributed by atoms with Gasteiger partial charge in [-0.25, -0.2) is 14.2 Å². The van der Waals surface area contributed by atoms with Gasteiger partial charge in [0.25, 0.3) is 5.91 Å². The Balaban J connectivity index is 1.21. The highest BCUT2D eigenvalue weighted by molar-refractivity contribution is 7.98. The average Bonchev–Trinajstić information content (AvgIpc) is 4.02. The summed E-state index contributed by atoms with van der Waals surface area (Å²) in [5.74, 6) is 0.354. The molecule has 5 atom stereocenters. The maximum Gasteiger partial charge on any atom is 0.318 e. The molecule has 2 saturated heterocycles. The summed E-state index contributed by atoms with van der Waals surface area (Å²) in [6, 6.07) is 2.97. The lowest BCUT2D eigenvalue weighted by Crippen LogP contribution is -2.60. The van der Waals surface area contributed by atoms with Crippen molar-refractivity contribution in [3.05, 3.63) is 35.9 Å². The number of aryl methyl sites for hydroxylation is 1. The number of likely N-dealkylation sites (tertiary alicyclic amines) is 1. The van der Waals surface area contributed by atoms with Crippen LogP contribution in [-0.4, -0.2) is 107 Å². The number of pyridine rings is 1. The molecule has 13 nitrogen and oxygen atoms in total. The molecular weight excluding hydrogens is 728 g/mol. The van der Waals surface area contributed by atoms with Crippen LogP contribution in [0, 0.1) is 12.3 Å². The molecule has 0 spiro atoms. The molecule has 298 valence electrons. The molecule has 3 aliphatic heterocycles. The van der Waals surface area contributed by atoms with Crippen LogP contribution in [0.15, 0.2) is 30.4 Å². The molecule has 55 heavy (non-hydrogen) atoms. The van der Waals surface area contributed by atoms with Crippen LogP contribution in [0.3, 0.4) is 0 Å². The number of aromatic nitrogens is 1. The first-order chi connectivity index (χ1) is 26.3. The van der Waals surface area contributed by atoms with E-state index in [1.54, 1.807) is 13.2 Å². The van der Waals surface area contributed by atoms with Crippen LogP contribution in [0.25, 0.3) is 10.9 Å². The van der Waals surface area contributed by atoms with Gasteiger partial charge in [0.05, 0.1) is 38.4 Å². The third-order valence-corrected chi connectivity index (χ3v) is 12.6. The Morgan fingerprint density at radius 3 is 2.58 bits per heavy atom. The molecular formula is C40H53FN6O7S. The Morgan fingerprint density at radius 2 is 1.87 bits per heavy atom. The van der Waals surface area contributed by atoms with Crippen molar-refractivity contribution in [3.8, 4) is 17.4 Å². The van der Waals surface area contributed by atoms with E-state index in [0.29, 0.717) is 52.8 Å². The number of nitrogens with one attached hydrogen (secondary N) is 3. The molecule has 0 bridgehead atoms. The molecule has 1 unspecified atom stereocenters. The van der Waals surface area contributed by atoms with Crippen LogP contribution < -0.4 is 29.6 Å². The molecule has 0 radical (unpaired) electrons. The van der Waals surface area contributed by atoms with E-state index in [0.717, 1.165) is 37.7 Å². The highest BCUT2D eigenvalue weighted by Gasteiger charge is 2.69. The van der Waals surface area contributed by atoms with Crippen LogP contribution in [0.2, 0.25) is 0 Å². The lowest BCUT2D eigenvalue weighted by molar-refractivity contribution is -0.141. The summed E-state index contributed by atoms with van der Waals surface area (Å²) in [7, 11) is 1.60. The van der Waals surface area contributed by atoms with Gasteiger partial charge in [-0.15, -0.1) is 0 Å². The van der Waals surface area contributed by atoms with Crippen molar-refractivity contribution >= 4 is 46.6 Å². The third-order valence-electron chi connectivity index (χ3n) is 11.5. The highest BCUT2D eigenvalue weighted by atomic mass is 32.2. The summed E-state index contributed by atoms with van der Waals surface area (Å²) in [5, 5.41) is 7.08. The van der Waals surface area contributed by atoms with E-state index < -0.39 is 53.2 Å². The predicted molar refractivity (Wildman–Crippen MR) is 207 cm³/mol. The van der Waals surface area contributed by atoms with E-state index in [4.69, 9.17) is 19.2 Å². The number of hydrogen-bond donors (Lipinski definition) is 3. The molecule has 2 aromatic rings. The van der Waals surface area contributed by atoms with Crippen LogP contribution in [-0.2, 0) is 14.4 Å². The van der Waals surface area contributed by atoms with E-state index in [2.05, 4.69) is 21.4 Å². The molecule has 5 aliphatic rings. The van der Waals surface area contributed by atoms with Crippen molar-refractivity contribution in [1.82, 2.24) is 30.1 Å². The molecule has 4 heterocycles. The predicted octanol–water partition coefficient (Wildman–Crippen LogP) is 5.13. The van der Waals surface area contributed by atoms with Gasteiger partial charge in [0.2, 0.25) is 17.7 Å². The lowest BCUT2D eigenvalue weighted by atomic mass is 9.99. The topological polar surface area (TPSA) is 151 Å². The van der Waals surface area contributed by atoms with Crippen molar-refractivity contribution in [2.75, 3.05) is 26.7 Å². The van der Waals surface area contributed by atoms with Crippen LogP contribution >= 0.6 is 11.9 Å². The number of carbonyl (C=O) groups excluding carboxylic acids is 4. The molecule has 3 N–H and O–H groups in total. The van der Waals surface area contributed by atoms with Gasteiger partial charge < -0.3 is 34.6 Å². The number of rotatable bonds is 9. The summed E-state index contributed by atoms with van der Waals surface area (Å²) in [6.07, 6.45) is 8.34. The Kier molecular flexibility index (Phi) is 11.1. The van der Waals surface area contributed by atoms with Crippen molar-refractivity contribution in [1.29, 1.82) is 0 Å². The van der Waals surface area contributed by atoms with Crippen LogP contribution in [0.5, 0.6) is 17.4 Å². The second-order valence-corrected chi connectivity index (χ2v) is 17.3. The number of allylic oxidation sites excluding steroid dienone is 1. The Hall–Kier alpha value is -4.27. The van der Waals surface area contributed by atoms with Gasteiger partial charge in [-0.2, -0.15) is 0 Å². The monoisotopic (exact) mass is 780 g/mol. The van der Waals surface area contributed by atoms with Crippen LogP contribution in [0.4, 0.5) is 9.18 Å². The molecule has 4 fully saturated rings. The van der Waals surface area contributed by atoms with Gasteiger partial charge in [0.15, 0.2) is 0 Å². The zero-order valence-electron chi connectivity index (χ0n) is 32.3. The largest absolute Gasteiger partial charge is 0.496 e.